The van der Waals surface area contributed by atoms with Crippen molar-refractivity contribution in [3.8, 4) is 0 Å². The van der Waals surface area contributed by atoms with Crippen LogP contribution in [0.4, 0.5) is 0 Å². The maximum atomic E-state index is 13.2. The zero-order valence-electron chi connectivity index (χ0n) is 18.2. The van der Waals surface area contributed by atoms with Gasteiger partial charge >= 0.3 is 5.97 Å². The fraction of sp³-hybridized carbons (Fsp3) is 0.913. The van der Waals surface area contributed by atoms with Crippen LogP contribution in [0.1, 0.15) is 71.6 Å². The van der Waals surface area contributed by atoms with Gasteiger partial charge in [0.15, 0.2) is 0 Å². The molecule has 4 rings (SSSR count). The largest absolute Gasteiger partial charge is 0.459 e. The number of carbonyl (C=O) groups excluding carboxylic acids is 2. The molecule has 1 amide bonds. The number of likely N-dealkylation sites (N-methyl/N-ethyl adjacent to an activating group) is 1. The molecule has 3 aliphatic carbocycles. The van der Waals surface area contributed by atoms with Gasteiger partial charge in [-0.3, -0.25) is 9.59 Å². The molecule has 5 nitrogen and oxygen atoms in total. The molecule has 1 aliphatic heterocycles. The molecule has 0 aromatic carbocycles. The Bertz CT molecular complexity index is 650. The summed E-state index contributed by atoms with van der Waals surface area (Å²) in [5, 5.41) is 3.23. The van der Waals surface area contributed by atoms with E-state index in [2.05, 4.69) is 24.1 Å². The Hall–Kier alpha value is -1.10. The molecule has 0 aromatic rings. The van der Waals surface area contributed by atoms with E-state index in [4.69, 9.17) is 4.74 Å². The van der Waals surface area contributed by atoms with Crippen LogP contribution in [0.15, 0.2) is 0 Å². The monoisotopic (exact) mass is 390 g/mol. The van der Waals surface area contributed by atoms with Crippen LogP contribution in [-0.2, 0) is 14.3 Å². The van der Waals surface area contributed by atoms with Crippen LogP contribution in [0.25, 0.3) is 0 Å². The predicted octanol–water partition coefficient (Wildman–Crippen LogP) is 3.37. The Morgan fingerprint density at radius 3 is 2.64 bits per heavy atom. The summed E-state index contributed by atoms with van der Waals surface area (Å²) in [7, 11) is 4.08. The third kappa shape index (κ3) is 3.28. The van der Waals surface area contributed by atoms with Crippen LogP contribution >= 0.6 is 0 Å². The molecule has 1 heterocycles. The van der Waals surface area contributed by atoms with Gasteiger partial charge in [-0.15, -0.1) is 0 Å². The summed E-state index contributed by atoms with van der Waals surface area (Å²) in [5.41, 5.74) is -0.379. The molecule has 6 atom stereocenters. The van der Waals surface area contributed by atoms with E-state index >= 15 is 0 Å². The first kappa shape index (κ1) is 20.2. The van der Waals surface area contributed by atoms with Crippen molar-refractivity contribution in [3.63, 3.8) is 0 Å². The molecule has 28 heavy (non-hydrogen) atoms. The van der Waals surface area contributed by atoms with Gasteiger partial charge in [-0.05, 0) is 89.1 Å². The van der Waals surface area contributed by atoms with Gasteiger partial charge in [0.1, 0.15) is 5.60 Å². The number of nitrogens with zero attached hydrogens (tertiary/aromatic N) is 1. The highest BCUT2D eigenvalue weighted by Crippen LogP contribution is 2.65. The zero-order valence-corrected chi connectivity index (χ0v) is 18.2. The van der Waals surface area contributed by atoms with E-state index in [1.54, 1.807) is 0 Å². The number of ether oxygens (including phenoxy) is 1. The number of rotatable bonds is 4. The summed E-state index contributed by atoms with van der Waals surface area (Å²) in [4.78, 5) is 27.7. The minimum Gasteiger partial charge on any atom is -0.459 e. The molecule has 0 radical (unpaired) electrons. The molecule has 1 saturated heterocycles. The van der Waals surface area contributed by atoms with E-state index in [1.165, 1.54) is 6.42 Å². The minimum atomic E-state index is -0.257. The first-order valence-corrected chi connectivity index (χ1v) is 11.3. The van der Waals surface area contributed by atoms with Gasteiger partial charge in [-0.2, -0.15) is 0 Å². The van der Waals surface area contributed by atoms with E-state index in [1.807, 2.05) is 14.1 Å². The third-order valence-electron chi connectivity index (χ3n) is 8.76. The van der Waals surface area contributed by atoms with E-state index in [0.29, 0.717) is 24.2 Å². The summed E-state index contributed by atoms with van der Waals surface area (Å²) in [6, 6.07) is 0. The molecular formula is C23H38N2O3. The second-order valence-corrected chi connectivity index (χ2v) is 11.0. The number of hydrogen-bond donors (Lipinski definition) is 1. The lowest BCUT2D eigenvalue weighted by molar-refractivity contribution is -0.211. The predicted molar refractivity (Wildman–Crippen MR) is 109 cm³/mol. The van der Waals surface area contributed by atoms with E-state index in [-0.39, 0.29) is 28.3 Å². The Morgan fingerprint density at radius 1 is 1.14 bits per heavy atom. The Kier molecular flexibility index (Phi) is 5.05. The van der Waals surface area contributed by atoms with Gasteiger partial charge in [0.25, 0.3) is 0 Å². The van der Waals surface area contributed by atoms with Crippen molar-refractivity contribution in [1.82, 2.24) is 10.2 Å². The molecular weight excluding hydrogens is 352 g/mol. The van der Waals surface area contributed by atoms with Crippen molar-refractivity contribution in [2.75, 3.05) is 27.2 Å². The molecule has 1 N–H and O–H groups in total. The fourth-order valence-electron chi connectivity index (χ4n) is 7.54. The van der Waals surface area contributed by atoms with Gasteiger partial charge in [-0.25, -0.2) is 0 Å². The van der Waals surface area contributed by atoms with Gasteiger partial charge < -0.3 is 15.0 Å². The topological polar surface area (TPSA) is 58.6 Å². The molecule has 5 heteroatoms. The van der Waals surface area contributed by atoms with Gasteiger partial charge in [0.2, 0.25) is 5.91 Å². The molecule has 0 aromatic heterocycles. The average molecular weight is 391 g/mol. The molecule has 2 bridgehead atoms. The number of nitrogens with one attached hydrogen (secondary N) is 1. The van der Waals surface area contributed by atoms with Crippen molar-refractivity contribution in [3.05, 3.63) is 0 Å². The minimum absolute atomic E-state index is 0.0110. The number of fused-ring (bicyclic) bond motifs is 3. The molecule has 3 saturated carbocycles. The Morgan fingerprint density at radius 2 is 1.89 bits per heavy atom. The average Bonchev–Trinajstić information content (AvgIpc) is 2.59. The zero-order chi connectivity index (χ0) is 20.2. The van der Waals surface area contributed by atoms with Crippen LogP contribution < -0.4 is 5.32 Å². The van der Waals surface area contributed by atoms with Crippen molar-refractivity contribution >= 4 is 11.9 Å². The summed E-state index contributed by atoms with van der Waals surface area (Å²) >= 11 is 0. The third-order valence-corrected chi connectivity index (χ3v) is 8.76. The molecule has 4 aliphatic rings. The lowest BCUT2D eigenvalue weighted by Gasteiger charge is -2.62. The molecule has 4 fully saturated rings. The van der Waals surface area contributed by atoms with Crippen LogP contribution in [0, 0.1) is 28.6 Å². The second-order valence-electron chi connectivity index (χ2n) is 11.0. The van der Waals surface area contributed by atoms with Gasteiger partial charge in [-0.1, -0.05) is 13.3 Å². The highest BCUT2D eigenvalue weighted by atomic mass is 16.6. The highest BCUT2D eigenvalue weighted by molar-refractivity contribution is 5.82. The summed E-state index contributed by atoms with van der Waals surface area (Å²) in [6.45, 7) is 5.95. The lowest BCUT2D eigenvalue weighted by Crippen LogP contribution is -2.60. The van der Waals surface area contributed by atoms with Crippen LogP contribution in [0.2, 0.25) is 0 Å². The smallest absolute Gasteiger partial charge is 0.306 e. The number of esters is 1. The summed E-state index contributed by atoms with van der Waals surface area (Å²) in [6.07, 6.45) is 9.31. The normalized spacial score (nSPS) is 45.0. The van der Waals surface area contributed by atoms with E-state index < -0.39 is 0 Å². The van der Waals surface area contributed by atoms with Crippen molar-refractivity contribution in [1.29, 1.82) is 0 Å². The van der Waals surface area contributed by atoms with Crippen molar-refractivity contribution < 1.29 is 14.3 Å². The lowest BCUT2D eigenvalue weighted by atomic mass is 9.44. The maximum absolute atomic E-state index is 13.2. The van der Waals surface area contributed by atoms with Crippen LogP contribution in [0.3, 0.4) is 0 Å². The first-order chi connectivity index (χ1) is 13.2. The number of hydrogen-bond acceptors (Lipinski definition) is 4. The Labute approximate surface area is 169 Å². The maximum Gasteiger partial charge on any atom is 0.306 e. The standard InChI is InChI=1S/C23H38N2O3/c1-21-10-7-18-16-6-5-9-22(2,20(27)24-12-13-25(3)4)17(16)8-11-23(18,15-21)14-19(26)28-21/h16-18H,5-15H2,1-4H3,(H,24,27)/t16?,17-,18-,21-,22+,23-/m0/s1. The molecule has 1 spiro atoms. The second kappa shape index (κ2) is 7.00. The molecule has 158 valence electrons. The Balaban J connectivity index is 1.53. The fourth-order valence-corrected chi connectivity index (χ4v) is 7.54. The van der Waals surface area contributed by atoms with E-state index in [9.17, 15) is 9.59 Å². The first-order valence-electron chi connectivity index (χ1n) is 11.3. The highest BCUT2D eigenvalue weighted by Gasteiger charge is 2.62. The number of amides is 1. The van der Waals surface area contributed by atoms with Gasteiger partial charge in [0.05, 0.1) is 6.42 Å². The number of carbonyl (C=O) groups is 2. The van der Waals surface area contributed by atoms with Crippen LogP contribution in [-0.4, -0.2) is 49.6 Å². The summed E-state index contributed by atoms with van der Waals surface area (Å²) < 4.78 is 5.76. The van der Waals surface area contributed by atoms with Crippen molar-refractivity contribution in [2.45, 2.75) is 77.2 Å². The van der Waals surface area contributed by atoms with Gasteiger partial charge in [0, 0.05) is 18.5 Å². The quantitative estimate of drug-likeness (QED) is 0.748. The summed E-state index contributed by atoms with van der Waals surface area (Å²) in [5.74, 6) is 1.89. The molecule has 1 unspecified atom stereocenters. The SMILES string of the molecule is CN(C)CCNC(=O)[C@]1(C)CCCC2[C@@H]3CC[C@@]4(C)C[C@]3(CC[C@@H]21)CC(=O)O4. The van der Waals surface area contributed by atoms with E-state index in [0.717, 1.165) is 58.0 Å². The van der Waals surface area contributed by atoms with Crippen LogP contribution in [0.5, 0.6) is 0 Å². The van der Waals surface area contributed by atoms with Crippen molar-refractivity contribution in [2.24, 2.45) is 28.6 Å².